The van der Waals surface area contributed by atoms with Gasteiger partial charge in [-0.2, -0.15) is 0 Å². The van der Waals surface area contributed by atoms with Gasteiger partial charge in [0.2, 0.25) is 0 Å². The van der Waals surface area contributed by atoms with Crippen molar-refractivity contribution in [2.45, 2.75) is 0 Å². The maximum atomic E-state index is 12.8. The van der Waals surface area contributed by atoms with Crippen molar-refractivity contribution in [2.24, 2.45) is 0 Å². The molecule has 0 aliphatic heterocycles. The molecule has 0 saturated heterocycles. The molecule has 0 unspecified atom stereocenters. The molecule has 3 rings (SSSR count). The summed E-state index contributed by atoms with van der Waals surface area (Å²) in [5.41, 5.74) is 1.91. The fraction of sp³-hybridized carbons (Fsp3) is 0.0476. The van der Waals surface area contributed by atoms with Crippen molar-refractivity contribution >= 4 is 17.4 Å². The van der Waals surface area contributed by atoms with Crippen LogP contribution in [0.3, 0.4) is 0 Å². The van der Waals surface area contributed by atoms with Gasteiger partial charge in [0, 0.05) is 22.8 Å². The van der Waals surface area contributed by atoms with E-state index in [1.165, 1.54) is 7.11 Å². The van der Waals surface area contributed by atoms with Gasteiger partial charge in [-0.25, -0.2) is 0 Å². The average Bonchev–Trinajstić information content (AvgIpc) is 2.68. The molecule has 1 N–H and O–H groups in total. The molecule has 3 aromatic rings. The molecule has 0 aromatic heterocycles. The van der Waals surface area contributed by atoms with E-state index in [0.29, 0.717) is 28.1 Å². The first-order chi connectivity index (χ1) is 12.2. The van der Waals surface area contributed by atoms with E-state index in [9.17, 15) is 9.59 Å². The maximum Gasteiger partial charge on any atom is 0.255 e. The number of amides is 1. The standard InChI is InChI=1S/C21H17NO3/c1-25-17-12-13-18(20(23)15-8-4-2-5-9-15)19(14-17)22-21(24)16-10-6-3-7-11-16/h2-14H,1H3,(H,22,24). The van der Waals surface area contributed by atoms with Crippen molar-refractivity contribution in [1.82, 2.24) is 0 Å². The molecule has 124 valence electrons. The highest BCUT2D eigenvalue weighted by atomic mass is 16.5. The smallest absolute Gasteiger partial charge is 0.255 e. The van der Waals surface area contributed by atoms with Gasteiger partial charge >= 0.3 is 0 Å². The molecule has 0 radical (unpaired) electrons. The molecule has 0 spiro atoms. The summed E-state index contributed by atoms with van der Waals surface area (Å²) in [7, 11) is 1.54. The van der Waals surface area contributed by atoms with Crippen molar-refractivity contribution in [3.05, 3.63) is 95.6 Å². The fourth-order valence-corrected chi connectivity index (χ4v) is 2.48. The third-order valence-electron chi connectivity index (χ3n) is 3.79. The maximum absolute atomic E-state index is 12.8. The van der Waals surface area contributed by atoms with E-state index in [4.69, 9.17) is 4.74 Å². The number of nitrogens with one attached hydrogen (secondary N) is 1. The Morgan fingerprint density at radius 2 is 1.40 bits per heavy atom. The minimum Gasteiger partial charge on any atom is -0.497 e. The van der Waals surface area contributed by atoms with Gasteiger partial charge in [0.1, 0.15) is 5.75 Å². The number of carbonyl (C=O) groups excluding carboxylic acids is 2. The first-order valence-corrected chi connectivity index (χ1v) is 7.83. The summed E-state index contributed by atoms with van der Waals surface area (Å²) in [5, 5.41) is 2.81. The van der Waals surface area contributed by atoms with Crippen LogP contribution in [0.15, 0.2) is 78.9 Å². The molecule has 1 amide bonds. The van der Waals surface area contributed by atoms with Crippen LogP contribution in [0.5, 0.6) is 5.75 Å². The fourth-order valence-electron chi connectivity index (χ4n) is 2.48. The second-order valence-corrected chi connectivity index (χ2v) is 5.43. The molecule has 4 heteroatoms. The summed E-state index contributed by atoms with van der Waals surface area (Å²) in [5.74, 6) is 0.121. The van der Waals surface area contributed by atoms with Crippen LogP contribution in [0, 0.1) is 0 Å². The Morgan fingerprint density at radius 3 is 2.00 bits per heavy atom. The van der Waals surface area contributed by atoms with E-state index < -0.39 is 0 Å². The lowest BCUT2D eigenvalue weighted by molar-refractivity contribution is 0.102. The summed E-state index contributed by atoms with van der Waals surface area (Å²) >= 11 is 0. The zero-order valence-electron chi connectivity index (χ0n) is 13.7. The Hall–Kier alpha value is -3.40. The van der Waals surface area contributed by atoms with Crippen molar-refractivity contribution in [1.29, 1.82) is 0 Å². The lowest BCUT2D eigenvalue weighted by Crippen LogP contribution is -2.15. The Bertz CT molecular complexity index is 890. The van der Waals surface area contributed by atoms with Gasteiger partial charge in [0.25, 0.3) is 5.91 Å². The van der Waals surface area contributed by atoms with Crippen molar-refractivity contribution < 1.29 is 14.3 Å². The number of anilines is 1. The molecule has 4 nitrogen and oxygen atoms in total. The number of ketones is 1. The SMILES string of the molecule is COc1ccc(C(=O)c2ccccc2)c(NC(=O)c2ccccc2)c1. The zero-order chi connectivity index (χ0) is 17.6. The Morgan fingerprint density at radius 1 is 0.800 bits per heavy atom. The third kappa shape index (κ3) is 3.75. The monoisotopic (exact) mass is 331 g/mol. The minimum absolute atomic E-state index is 0.161. The van der Waals surface area contributed by atoms with E-state index >= 15 is 0 Å². The first kappa shape index (κ1) is 16.5. The second kappa shape index (κ2) is 7.45. The van der Waals surface area contributed by atoms with Crippen LogP contribution < -0.4 is 10.1 Å². The van der Waals surface area contributed by atoms with Crippen LogP contribution in [0.1, 0.15) is 26.3 Å². The lowest BCUT2D eigenvalue weighted by Gasteiger charge is -2.12. The van der Waals surface area contributed by atoms with Gasteiger partial charge in [-0.3, -0.25) is 9.59 Å². The van der Waals surface area contributed by atoms with Crippen LogP contribution >= 0.6 is 0 Å². The molecule has 0 heterocycles. The number of ether oxygens (including phenoxy) is 1. The second-order valence-electron chi connectivity index (χ2n) is 5.43. The number of methoxy groups -OCH3 is 1. The number of rotatable bonds is 5. The quantitative estimate of drug-likeness (QED) is 0.714. The summed E-state index contributed by atoms with van der Waals surface area (Å²) in [6.07, 6.45) is 0. The van der Waals surface area contributed by atoms with E-state index in [1.807, 2.05) is 12.1 Å². The van der Waals surface area contributed by atoms with Gasteiger partial charge in [0.05, 0.1) is 12.8 Å². The first-order valence-electron chi connectivity index (χ1n) is 7.83. The number of carbonyl (C=O) groups is 2. The van der Waals surface area contributed by atoms with Crippen molar-refractivity contribution in [2.75, 3.05) is 12.4 Å². The third-order valence-corrected chi connectivity index (χ3v) is 3.79. The topological polar surface area (TPSA) is 55.4 Å². The highest BCUT2D eigenvalue weighted by molar-refractivity contribution is 6.15. The van der Waals surface area contributed by atoms with Crippen molar-refractivity contribution in [3.63, 3.8) is 0 Å². The Balaban J connectivity index is 1.97. The average molecular weight is 331 g/mol. The molecular formula is C21H17NO3. The molecule has 3 aromatic carbocycles. The van der Waals surface area contributed by atoms with Crippen LogP contribution in [-0.4, -0.2) is 18.8 Å². The summed E-state index contributed by atoms with van der Waals surface area (Å²) in [6.45, 7) is 0. The summed E-state index contributed by atoms with van der Waals surface area (Å²) in [6, 6.07) is 22.8. The molecule has 0 atom stereocenters. The van der Waals surface area contributed by atoms with Crippen LogP contribution in [0.4, 0.5) is 5.69 Å². The Labute approximate surface area is 146 Å². The number of hydrogen-bond donors (Lipinski definition) is 1. The largest absolute Gasteiger partial charge is 0.497 e. The molecule has 0 aliphatic carbocycles. The van der Waals surface area contributed by atoms with E-state index in [2.05, 4.69) is 5.32 Å². The van der Waals surface area contributed by atoms with Crippen LogP contribution in [0.2, 0.25) is 0 Å². The predicted molar refractivity (Wildman–Crippen MR) is 97.3 cm³/mol. The molecule has 0 fully saturated rings. The normalized spacial score (nSPS) is 10.1. The van der Waals surface area contributed by atoms with Gasteiger partial charge in [-0.1, -0.05) is 48.5 Å². The van der Waals surface area contributed by atoms with Gasteiger partial charge in [-0.05, 0) is 24.3 Å². The van der Waals surface area contributed by atoms with E-state index in [0.717, 1.165) is 0 Å². The Kier molecular flexibility index (Phi) is 4.90. The van der Waals surface area contributed by atoms with Crippen molar-refractivity contribution in [3.8, 4) is 5.75 Å². The van der Waals surface area contributed by atoms with Crippen LogP contribution in [-0.2, 0) is 0 Å². The molecule has 0 bridgehead atoms. The molecule has 0 aliphatic rings. The minimum atomic E-state index is -0.282. The summed E-state index contributed by atoms with van der Waals surface area (Å²) in [4.78, 5) is 25.3. The van der Waals surface area contributed by atoms with Gasteiger partial charge in [0.15, 0.2) is 5.78 Å². The van der Waals surface area contributed by atoms with Gasteiger partial charge in [-0.15, -0.1) is 0 Å². The lowest BCUT2D eigenvalue weighted by atomic mass is 10.0. The molecule has 0 saturated carbocycles. The van der Waals surface area contributed by atoms with E-state index in [-0.39, 0.29) is 11.7 Å². The highest BCUT2D eigenvalue weighted by Gasteiger charge is 2.16. The summed E-state index contributed by atoms with van der Waals surface area (Å²) < 4.78 is 5.22. The van der Waals surface area contributed by atoms with Gasteiger partial charge < -0.3 is 10.1 Å². The van der Waals surface area contributed by atoms with Crippen LogP contribution in [0.25, 0.3) is 0 Å². The molecular weight excluding hydrogens is 314 g/mol. The predicted octanol–water partition coefficient (Wildman–Crippen LogP) is 4.18. The zero-order valence-corrected chi connectivity index (χ0v) is 13.7. The number of benzene rings is 3. The highest BCUT2D eigenvalue weighted by Crippen LogP contribution is 2.25. The number of hydrogen-bond acceptors (Lipinski definition) is 3. The van der Waals surface area contributed by atoms with E-state index in [1.54, 1.807) is 66.7 Å². The molecule has 25 heavy (non-hydrogen) atoms.